The number of benzene rings is 3. The van der Waals surface area contributed by atoms with Crippen LogP contribution in [0.15, 0.2) is 77.7 Å². The van der Waals surface area contributed by atoms with Gasteiger partial charge < -0.3 is 11.1 Å². The summed E-state index contributed by atoms with van der Waals surface area (Å²) in [4.78, 5) is 0.287. The van der Waals surface area contributed by atoms with E-state index in [9.17, 15) is 8.42 Å². The van der Waals surface area contributed by atoms with Crippen LogP contribution in [0.5, 0.6) is 0 Å². The second-order valence-electron chi connectivity index (χ2n) is 7.78. The number of nitrogens with two attached hydrogens (primary N) is 1. The SMILES string of the molecule is CS(=O)(=O)c1ccc(-c2ccc(N)cc2)c(Nc2cccc(C3=CCCCC3)c2)c1. The molecule has 0 atom stereocenters. The van der Waals surface area contributed by atoms with E-state index in [1.54, 1.807) is 12.1 Å². The molecule has 4 nitrogen and oxygen atoms in total. The number of anilines is 3. The maximum Gasteiger partial charge on any atom is 0.175 e. The first kappa shape index (κ1) is 20.2. The van der Waals surface area contributed by atoms with Crippen LogP contribution < -0.4 is 11.1 Å². The van der Waals surface area contributed by atoms with E-state index in [1.807, 2.05) is 42.5 Å². The van der Waals surface area contributed by atoms with Crippen LogP contribution in [0, 0.1) is 0 Å². The zero-order valence-electron chi connectivity index (χ0n) is 17.1. The first-order valence-corrected chi connectivity index (χ1v) is 12.1. The second kappa shape index (κ2) is 8.36. The lowest BCUT2D eigenvalue weighted by atomic mass is 9.93. The molecular weight excluding hydrogens is 392 g/mol. The van der Waals surface area contributed by atoms with E-state index in [2.05, 4.69) is 23.5 Å². The minimum atomic E-state index is -3.32. The number of nitrogens with one attached hydrogen (secondary N) is 1. The number of hydrogen-bond donors (Lipinski definition) is 2. The monoisotopic (exact) mass is 418 g/mol. The molecule has 4 rings (SSSR count). The van der Waals surface area contributed by atoms with E-state index in [0.29, 0.717) is 5.69 Å². The summed E-state index contributed by atoms with van der Waals surface area (Å²) in [6.45, 7) is 0. The molecule has 0 saturated carbocycles. The molecule has 30 heavy (non-hydrogen) atoms. The molecule has 0 spiro atoms. The Labute approximate surface area is 178 Å². The molecule has 3 aromatic carbocycles. The van der Waals surface area contributed by atoms with Gasteiger partial charge in [0.25, 0.3) is 0 Å². The van der Waals surface area contributed by atoms with Crippen LogP contribution in [0.3, 0.4) is 0 Å². The number of allylic oxidation sites excluding steroid dienone is 2. The van der Waals surface area contributed by atoms with Crippen LogP contribution >= 0.6 is 0 Å². The highest BCUT2D eigenvalue weighted by Crippen LogP contribution is 2.34. The third-order valence-electron chi connectivity index (χ3n) is 5.44. The first-order valence-electron chi connectivity index (χ1n) is 10.2. The Morgan fingerprint density at radius 1 is 0.900 bits per heavy atom. The molecule has 0 heterocycles. The molecule has 0 bridgehead atoms. The molecular formula is C25H26N2O2S. The van der Waals surface area contributed by atoms with Crippen molar-refractivity contribution in [1.29, 1.82) is 0 Å². The standard InChI is InChI=1S/C25H26N2O2S/c1-30(28,29)23-14-15-24(19-10-12-21(26)13-11-19)25(17-23)27-22-9-5-8-20(16-22)18-6-3-2-4-7-18/h5-6,8-17,27H,2-4,7,26H2,1H3. The number of sulfone groups is 1. The number of hydrogen-bond acceptors (Lipinski definition) is 4. The highest BCUT2D eigenvalue weighted by molar-refractivity contribution is 7.90. The second-order valence-corrected chi connectivity index (χ2v) is 9.80. The number of rotatable bonds is 5. The fourth-order valence-corrected chi connectivity index (χ4v) is 4.47. The lowest BCUT2D eigenvalue weighted by Gasteiger charge is -2.17. The molecule has 0 aliphatic heterocycles. The van der Waals surface area contributed by atoms with Crippen LogP contribution in [0.4, 0.5) is 17.1 Å². The predicted molar refractivity (Wildman–Crippen MR) is 126 cm³/mol. The van der Waals surface area contributed by atoms with Gasteiger partial charge in [0.1, 0.15) is 0 Å². The van der Waals surface area contributed by atoms with Gasteiger partial charge in [0, 0.05) is 28.9 Å². The average molecular weight is 419 g/mol. The Hall–Kier alpha value is -3.05. The molecule has 0 saturated heterocycles. The molecule has 3 aromatic rings. The quantitative estimate of drug-likeness (QED) is 0.496. The summed E-state index contributed by atoms with van der Waals surface area (Å²) in [5.74, 6) is 0. The number of nitrogen functional groups attached to an aromatic ring is 1. The fourth-order valence-electron chi connectivity index (χ4n) is 3.82. The molecule has 0 amide bonds. The lowest BCUT2D eigenvalue weighted by Crippen LogP contribution is -2.01. The minimum Gasteiger partial charge on any atom is -0.399 e. The summed E-state index contributed by atoms with van der Waals surface area (Å²) in [6, 6.07) is 21.1. The van der Waals surface area contributed by atoms with E-state index in [4.69, 9.17) is 5.73 Å². The molecule has 0 unspecified atom stereocenters. The molecule has 0 radical (unpaired) electrons. The molecule has 154 valence electrons. The molecule has 0 aromatic heterocycles. The Kier molecular flexibility index (Phi) is 5.64. The molecule has 5 heteroatoms. The van der Waals surface area contributed by atoms with Crippen molar-refractivity contribution >= 4 is 32.5 Å². The lowest BCUT2D eigenvalue weighted by molar-refractivity contribution is 0.602. The van der Waals surface area contributed by atoms with Gasteiger partial charge in [-0.05, 0) is 78.8 Å². The molecule has 1 aliphatic carbocycles. The van der Waals surface area contributed by atoms with Crippen molar-refractivity contribution in [3.8, 4) is 11.1 Å². The maximum atomic E-state index is 12.1. The third-order valence-corrected chi connectivity index (χ3v) is 6.55. The predicted octanol–water partition coefficient (Wildman–Crippen LogP) is 6.04. The van der Waals surface area contributed by atoms with Crippen molar-refractivity contribution in [2.45, 2.75) is 30.6 Å². The molecule has 0 fully saturated rings. The first-order chi connectivity index (χ1) is 14.4. The van der Waals surface area contributed by atoms with Gasteiger partial charge in [0.15, 0.2) is 9.84 Å². The summed E-state index contributed by atoms with van der Waals surface area (Å²) in [5.41, 5.74) is 12.7. The highest BCUT2D eigenvalue weighted by Gasteiger charge is 2.13. The van der Waals surface area contributed by atoms with Crippen molar-refractivity contribution in [3.05, 3.63) is 78.4 Å². The summed E-state index contributed by atoms with van der Waals surface area (Å²) in [7, 11) is -3.32. The van der Waals surface area contributed by atoms with E-state index in [-0.39, 0.29) is 4.90 Å². The maximum absolute atomic E-state index is 12.1. The Bertz CT molecular complexity index is 1200. The average Bonchev–Trinajstić information content (AvgIpc) is 2.75. The van der Waals surface area contributed by atoms with Crippen LogP contribution in [-0.2, 0) is 9.84 Å². The largest absolute Gasteiger partial charge is 0.399 e. The van der Waals surface area contributed by atoms with E-state index in [0.717, 1.165) is 35.3 Å². The van der Waals surface area contributed by atoms with Gasteiger partial charge in [-0.15, -0.1) is 0 Å². The van der Waals surface area contributed by atoms with E-state index < -0.39 is 9.84 Å². The van der Waals surface area contributed by atoms with Crippen molar-refractivity contribution in [1.82, 2.24) is 0 Å². The summed E-state index contributed by atoms with van der Waals surface area (Å²) >= 11 is 0. The minimum absolute atomic E-state index is 0.287. The summed E-state index contributed by atoms with van der Waals surface area (Å²) < 4.78 is 24.3. The molecule has 1 aliphatic rings. The normalized spacial score (nSPS) is 14.2. The molecule has 3 N–H and O–H groups in total. The van der Waals surface area contributed by atoms with Crippen molar-refractivity contribution in [2.75, 3.05) is 17.3 Å². The van der Waals surface area contributed by atoms with Crippen molar-refractivity contribution < 1.29 is 8.42 Å². The van der Waals surface area contributed by atoms with Gasteiger partial charge >= 0.3 is 0 Å². The Morgan fingerprint density at radius 3 is 2.40 bits per heavy atom. The Morgan fingerprint density at radius 2 is 1.70 bits per heavy atom. The van der Waals surface area contributed by atoms with Crippen LogP contribution in [-0.4, -0.2) is 14.7 Å². The van der Waals surface area contributed by atoms with Gasteiger partial charge in [-0.25, -0.2) is 8.42 Å². The fraction of sp³-hybridized carbons (Fsp3) is 0.200. The summed E-state index contributed by atoms with van der Waals surface area (Å²) in [6.07, 6.45) is 8.26. The van der Waals surface area contributed by atoms with Gasteiger partial charge in [-0.2, -0.15) is 0 Å². The van der Waals surface area contributed by atoms with Crippen molar-refractivity contribution in [2.24, 2.45) is 0 Å². The van der Waals surface area contributed by atoms with Gasteiger partial charge in [0.05, 0.1) is 4.90 Å². The van der Waals surface area contributed by atoms with Crippen molar-refractivity contribution in [3.63, 3.8) is 0 Å². The van der Waals surface area contributed by atoms with Crippen LogP contribution in [0.1, 0.15) is 31.2 Å². The van der Waals surface area contributed by atoms with Crippen LogP contribution in [0.2, 0.25) is 0 Å². The van der Waals surface area contributed by atoms with Gasteiger partial charge in [0.2, 0.25) is 0 Å². The smallest absolute Gasteiger partial charge is 0.175 e. The van der Waals surface area contributed by atoms with E-state index >= 15 is 0 Å². The van der Waals surface area contributed by atoms with Crippen LogP contribution in [0.25, 0.3) is 16.7 Å². The Balaban J connectivity index is 1.75. The topological polar surface area (TPSA) is 72.2 Å². The van der Waals surface area contributed by atoms with Gasteiger partial charge in [-0.3, -0.25) is 0 Å². The third kappa shape index (κ3) is 4.57. The van der Waals surface area contributed by atoms with Gasteiger partial charge in [-0.1, -0.05) is 36.4 Å². The zero-order valence-corrected chi connectivity index (χ0v) is 17.9. The zero-order chi connectivity index (χ0) is 21.1. The summed E-state index contributed by atoms with van der Waals surface area (Å²) in [5, 5.41) is 3.45. The van der Waals surface area contributed by atoms with E-state index in [1.165, 1.54) is 30.2 Å². The highest BCUT2D eigenvalue weighted by atomic mass is 32.2.